The molecule has 0 saturated carbocycles. The third-order valence-electron chi connectivity index (χ3n) is 3.05. The van der Waals surface area contributed by atoms with E-state index in [4.69, 9.17) is 28.9 Å². The predicted octanol–water partition coefficient (Wildman–Crippen LogP) is 3.29. The third-order valence-corrected chi connectivity index (χ3v) is 5.17. The number of rotatable bonds is 5. The molecule has 2 aromatic rings. The highest BCUT2D eigenvalue weighted by atomic mass is 35.5. The Labute approximate surface area is 136 Å². The maximum atomic E-state index is 12.3. The number of hydrogen-bond donors (Lipinski definition) is 2. The lowest BCUT2D eigenvalue weighted by Crippen LogP contribution is -2.10. The molecule has 3 N–H and O–H groups in total. The van der Waals surface area contributed by atoms with Crippen LogP contribution in [0.15, 0.2) is 47.4 Å². The van der Waals surface area contributed by atoms with E-state index in [2.05, 4.69) is 0 Å². The van der Waals surface area contributed by atoms with Crippen LogP contribution in [0, 0.1) is 0 Å². The number of benzene rings is 2. The molecule has 2 atom stereocenters. The van der Waals surface area contributed by atoms with Gasteiger partial charge < -0.3 is 10.8 Å². The molecule has 0 aliphatic heterocycles. The summed E-state index contributed by atoms with van der Waals surface area (Å²) >= 11 is 11.9. The monoisotopic (exact) mass is 343 g/mol. The van der Waals surface area contributed by atoms with Crippen molar-refractivity contribution in [1.29, 1.82) is 0 Å². The Bertz CT molecular complexity index is 647. The zero-order chi connectivity index (χ0) is 15.4. The molecular formula is C15H15Cl2NO2S. The minimum Gasteiger partial charge on any atom is -0.387 e. The summed E-state index contributed by atoms with van der Waals surface area (Å²) in [5.74, 6) is 0.0576. The van der Waals surface area contributed by atoms with E-state index in [9.17, 15) is 9.32 Å². The van der Waals surface area contributed by atoms with E-state index >= 15 is 0 Å². The largest absolute Gasteiger partial charge is 0.387 e. The Balaban J connectivity index is 2.12. The van der Waals surface area contributed by atoms with Gasteiger partial charge in [-0.25, -0.2) is 0 Å². The zero-order valence-electron chi connectivity index (χ0n) is 11.1. The lowest BCUT2D eigenvalue weighted by molar-refractivity contribution is 0.203. The van der Waals surface area contributed by atoms with E-state index in [0.29, 0.717) is 27.0 Å². The summed E-state index contributed by atoms with van der Waals surface area (Å²) in [7, 11) is -1.43. The van der Waals surface area contributed by atoms with E-state index in [1.807, 2.05) is 12.1 Å². The van der Waals surface area contributed by atoms with Gasteiger partial charge in [-0.05, 0) is 29.3 Å². The van der Waals surface area contributed by atoms with Crippen molar-refractivity contribution in [2.45, 2.75) is 17.5 Å². The summed E-state index contributed by atoms with van der Waals surface area (Å²) in [4.78, 5) is 0.432. The Kier molecular flexibility index (Phi) is 5.79. The summed E-state index contributed by atoms with van der Waals surface area (Å²) in [5.41, 5.74) is 7.20. The summed E-state index contributed by atoms with van der Waals surface area (Å²) in [5, 5.41) is 11.0. The smallest absolute Gasteiger partial charge is 0.0908 e. The van der Waals surface area contributed by atoms with E-state index in [-0.39, 0.29) is 5.75 Å². The quantitative estimate of drug-likeness (QED) is 0.875. The standard InChI is InChI=1S/C15H15Cl2NO2S/c16-12-5-6-13(17)15(7-12)21(20)9-14(19)11-3-1-10(8-18)2-4-11/h1-7,14,19H,8-9,18H2. The molecule has 0 heterocycles. The third kappa shape index (κ3) is 4.28. The average molecular weight is 344 g/mol. The van der Waals surface area contributed by atoms with Gasteiger partial charge in [0.05, 0.1) is 32.6 Å². The fourth-order valence-electron chi connectivity index (χ4n) is 1.86. The van der Waals surface area contributed by atoms with E-state index < -0.39 is 16.9 Å². The molecule has 0 saturated heterocycles. The van der Waals surface area contributed by atoms with Crippen molar-refractivity contribution in [2.75, 3.05) is 5.75 Å². The van der Waals surface area contributed by atoms with Gasteiger partial charge in [-0.15, -0.1) is 0 Å². The molecular weight excluding hydrogens is 329 g/mol. The predicted molar refractivity (Wildman–Crippen MR) is 87.0 cm³/mol. The highest BCUT2D eigenvalue weighted by molar-refractivity contribution is 7.85. The highest BCUT2D eigenvalue weighted by Gasteiger charge is 2.16. The van der Waals surface area contributed by atoms with Crippen molar-refractivity contribution < 1.29 is 9.32 Å². The number of halogens is 2. The van der Waals surface area contributed by atoms with Gasteiger partial charge >= 0.3 is 0 Å². The van der Waals surface area contributed by atoms with Gasteiger partial charge in [-0.1, -0.05) is 47.5 Å². The normalized spacial score (nSPS) is 13.9. The first kappa shape index (κ1) is 16.5. The number of hydrogen-bond acceptors (Lipinski definition) is 3. The maximum Gasteiger partial charge on any atom is 0.0908 e. The van der Waals surface area contributed by atoms with Gasteiger partial charge in [0.15, 0.2) is 0 Å². The van der Waals surface area contributed by atoms with Crippen molar-refractivity contribution in [2.24, 2.45) is 5.73 Å². The fourth-order valence-corrected chi connectivity index (χ4v) is 3.67. The Hall–Kier alpha value is -0.910. The van der Waals surface area contributed by atoms with Crippen LogP contribution in [0.3, 0.4) is 0 Å². The van der Waals surface area contributed by atoms with E-state index in [1.54, 1.807) is 30.3 Å². The SMILES string of the molecule is NCc1ccc(C(O)CS(=O)c2cc(Cl)ccc2Cl)cc1. The van der Waals surface area contributed by atoms with Crippen LogP contribution in [0.25, 0.3) is 0 Å². The topological polar surface area (TPSA) is 63.3 Å². The Morgan fingerprint density at radius 3 is 2.43 bits per heavy atom. The molecule has 21 heavy (non-hydrogen) atoms. The highest BCUT2D eigenvalue weighted by Crippen LogP contribution is 2.26. The first-order chi connectivity index (χ1) is 10.0. The van der Waals surface area contributed by atoms with Crippen LogP contribution < -0.4 is 5.73 Å². The fraction of sp³-hybridized carbons (Fsp3) is 0.200. The molecule has 2 unspecified atom stereocenters. The van der Waals surface area contributed by atoms with Gasteiger partial charge in [0.1, 0.15) is 0 Å². The maximum absolute atomic E-state index is 12.3. The second-order valence-corrected chi connectivity index (χ2v) is 6.86. The zero-order valence-corrected chi connectivity index (χ0v) is 13.5. The molecule has 0 aliphatic rings. The van der Waals surface area contributed by atoms with Gasteiger partial charge in [0.25, 0.3) is 0 Å². The summed E-state index contributed by atoms with van der Waals surface area (Å²) in [6.07, 6.45) is -0.840. The van der Waals surface area contributed by atoms with Crippen LogP contribution in [0.2, 0.25) is 10.0 Å². The van der Waals surface area contributed by atoms with Crippen LogP contribution >= 0.6 is 23.2 Å². The molecule has 2 aromatic carbocycles. The van der Waals surface area contributed by atoms with Crippen molar-refractivity contribution in [3.05, 3.63) is 63.6 Å². The van der Waals surface area contributed by atoms with E-state index in [0.717, 1.165) is 5.56 Å². The lowest BCUT2D eigenvalue weighted by atomic mass is 10.1. The number of nitrogens with two attached hydrogens (primary N) is 1. The molecule has 2 rings (SSSR count). The van der Waals surface area contributed by atoms with Gasteiger partial charge in [0.2, 0.25) is 0 Å². The summed E-state index contributed by atoms with van der Waals surface area (Å²) in [6.45, 7) is 0.445. The van der Waals surface area contributed by atoms with Gasteiger partial charge in [-0.3, -0.25) is 4.21 Å². The van der Waals surface area contributed by atoms with Crippen LogP contribution in [0.1, 0.15) is 17.2 Å². The molecule has 0 fully saturated rings. The minimum atomic E-state index is -1.43. The minimum absolute atomic E-state index is 0.0576. The van der Waals surface area contributed by atoms with Crippen LogP contribution in [-0.2, 0) is 17.3 Å². The van der Waals surface area contributed by atoms with E-state index in [1.165, 1.54) is 0 Å². The lowest BCUT2D eigenvalue weighted by Gasteiger charge is -2.12. The molecule has 0 amide bonds. The number of aliphatic hydroxyl groups excluding tert-OH is 1. The molecule has 0 aliphatic carbocycles. The molecule has 0 aromatic heterocycles. The second kappa shape index (κ2) is 7.38. The molecule has 112 valence electrons. The number of aliphatic hydroxyl groups is 1. The van der Waals surface area contributed by atoms with Crippen LogP contribution in [0.4, 0.5) is 0 Å². The first-order valence-electron chi connectivity index (χ1n) is 6.31. The molecule has 0 radical (unpaired) electrons. The summed E-state index contributed by atoms with van der Waals surface area (Å²) in [6, 6.07) is 12.0. The molecule has 6 heteroatoms. The van der Waals surface area contributed by atoms with Crippen molar-refractivity contribution in [1.82, 2.24) is 0 Å². The second-order valence-electron chi connectivity index (χ2n) is 4.55. The van der Waals surface area contributed by atoms with Crippen LogP contribution in [-0.4, -0.2) is 15.1 Å². The average Bonchev–Trinajstić information content (AvgIpc) is 2.49. The summed E-state index contributed by atoms with van der Waals surface area (Å²) < 4.78 is 12.3. The van der Waals surface area contributed by atoms with Crippen LogP contribution in [0.5, 0.6) is 0 Å². The van der Waals surface area contributed by atoms with Crippen molar-refractivity contribution in [3.8, 4) is 0 Å². The molecule has 0 bridgehead atoms. The Morgan fingerprint density at radius 1 is 1.14 bits per heavy atom. The first-order valence-corrected chi connectivity index (χ1v) is 8.39. The Morgan fingerprint density at radius 2 is 1.81 bits per heavy atom. The molecule has 3 nitrogen and oxygen atoms in total. The van der Waals surface area contributed by atoms with Crippen molar-refractivity contribution in [3.63, 3.8) is 0 Å². The van der Waals surface area contributed by atoms with Gasteiger partial charge in [-0.2, -0.15) is 0 Å². The van der Waals surface area contributed by atoms with Crippen molar-refractivity contribution >= 4 is 34.0 Å². The molecule has 0 spiro atoms. The van der Waals surface area contributed by atoms with Gasteiger partial charge in [0, 0.05) is 11.6 Å².